The van der Waals surface area contributed by atoms with Crippen molar-refractivity contribution in [1.29, 1.82) is 10.5 Å². The Morgan fingerprint density at radius 1 is 0.778 bits per heavy atom. The van der Waals surface area contributed by atoms with E-state index in [-0.39, 0.29) is 16.4 Å². The van der Waals surface area contributed by atoms with Gasteiger partial charge in [-0.15, -0.1) is 0 Å². The zero-order valence-corrected chi connectivity index (χ0v) is 12.2. The van der Waals surface area contributed by atoms with Crippen LogP contribution in [0.1, 0.15) is 41.5 Å². The van der Waals surface area contributed by atoms with Gasteiger partial charge < -0.3 is 0 Å². The summed E-state index contributed by atoms with van der Waals surface area (Å²) in [6, 6.07) is 3.66. The first-order valence-electron chi connectivity index (χ1n) is 6.02. The molecule has 18 heavy (non-hydrogen) atoms. The Bertz CT molecular complexity index is 417. The standard InChI is InChI=1S/C16H22N2/c1-15(2,3)14(16(4,5)6)10-8-7-9-13(11-17)12-18/h7-10H,1-6H3/b8-7+. The van der Waals surface area contributed by atoms with Gasteiger partial charge in [0, 0.05) is 0 Å². The molecular weight excluding hydrogens is 220 g/mol. The molecule has 0 bridgehead atoms. The van der Waals surface area contributed by atoms with Crippen molar-refractivity contribution in [3.63, 3.8) is 0 Å². The Hall–Kier alpha value is -1.80. The minimum absolute atomic E-state index is 0.0968. The molecule has 0 aromatic heterocycles. The molecule has 0 aliphatic carbocycles. The van der Waals surface area contributed by atoms with Crippen LogP contribution < -0.4 is 0 Å². The van der Waals surface area contributed by atoms with Crippen molar-refractivity contribution in [2.24, 2.45) is 10.8 Å². The lowest BCUT2D eigenvalue weighted by Gasteiger charge is -2.33. The second kappa shape index (κ2) is 6.22. The summed E-state index contributed by atoms with van der Waals surface area (Å²) in [6.45, 7) is 13.1. The van der Waals surface area contributed by atoms with Crippen LogP contribution in [0.25, 0.3) is 0 Å². The first-order chi connectivity index (χ1) is 8.12. The van der Waals surface area contributed by atoms with Crippen molar-refractivity contribution in [3.8, 4) is 12.1 Å². The van der Waals surface area contributed by atoms with Gasteiger partial charge in [0.15, 0.2) is 0 Å². The van der Waals surface area contributed by atoms with Crippen LogP contribution in [0.15, 0.2) is 35.5 Å². The molecule has 0 aliphatic rings. The monoisotopic (exact) mass is 242 g/mol. The van der Waals surface area contributed by atoms with Crippen molar-refractivity contribution in [2.45, 2.75) is 41.5 Å². The van der Waals surface area contributed by atoms with Gasteiger partial charge in [0.05, 0.1) is 0 Å². The second-order valence-electron chi connectivity index (χ2n) is 6.27. The average molecular weight is 242 g/mol. The predicted octanol–water partition coefficient (Wildman–Crippen LogP) is 4.53. The van der Waals surface area contributed by atoms with Gasteiger partial charge in [-0.25, -0.2) is 0 Å². The molecule has 0 radical (unpaired) electrons. The topological polar surface area (TPSA) is 47.6 Å². The van der Waals surface area contributed by atoms with Crippen LogP contribution in [0, 0.1) is 33.5 Å². The molecule has 0 saturated carbocycles. The molecule has 0 atom stereocenters. The lowest BCUT2D eigenvalue weighted by molar-refractivity contribution is 0.362. The van der Waals surface area contributed by atoms with Gasteiger partial charge >= 0.3 is 0 Å². The summed E-state index contributed by atoms with van der Waals surface area (Å²) in [4.78, 5) is 0. The van der Waals surface area contributed by atoms with Crippen molar-refractivity contribution < 1.29 is 0 Å². The predicted molar refractivity (Wildman–Crippen MR) is 75.4 cm³/mol. The smallest absolute Gasteiger partial charge is 0.129 e. The lowest BCUT2D eigenvalue weighted by Crippen LogP contribution is -2.22. The molecule has 2 nitrogen and oxygen atoms in total. The van der Waals surface area contributed by atoms with E-state index in [9.17, 15) is 0 Å². The number of hydrogen-bond donors (Lipinski definition) is 0. The summed E-state index contributed by atoms with van der Waals surface area (Å²) in [5, 5.41) is 17.2. The fraction of sp³-hybridized carbons (Fsp3) is 0.500. The lowest BCUT2D eigenvalue weighted by atomic mass is 9.72. The zero-order chi connectivity index (χ0) is 14.4. The van der Waals surface area contributed by atoms with E-state index >= 15 is 0 Å². The number of rotatable bonds is 2. The molecule has 96 valence electrons. The number of hydrogen-bond acceptors (Lipinski definition) is 2. The fourth-order valence-corrected chi connectivity index (χ4v) is 2.03. The van der Waals surface area contributed by atoms with Crippen molar-refractivity contribution in [2.75, 3.05) is 0 Å². The highest BCUT2D eigenvalue weighted by Crippen LogP contribution is 2.39. The van der Waals surface area contributed by atoms with Gasteiger partial charge in [-0.3, -0.25) is 0 Å². The molecule has 0 aromatic rings. The summed E-state index contributed by atoms with van der Waals surface area (Å²) in [7, 11) is 0. The van der Waals surface area contributed by atoms with E-state index in [0.29, 0.717) is 0 Å². The highest BCUT2D eigenvalue weighted by atomic mass is 14.3. The third kappa shape index (κ3) is 5.51. The third-order valence-electron chi connectivity index (χ3n) is 2.49. The van der Waals surface area contributed by atoms with E-state index in [2.05, 4.69) is 47.6 Å². The minimum Gasteiger partial charge on any atom is -0.192 e. The van der Waals surface area contributed by atoms with E-state index in [1.54, 1.807) is 6.08 Å². The maximum Gasteiger partial charge on any atom is 0.129 e. The first kappa shape index (κ1) is 16.2. The molecule has 0 N–H and O–H groups in total. The summed E-state index contributed by atoms with van der Waals surface area (Å²) in [5.41, 5.74) is 1.64. The normalized spacial score (nSPS) is 11.6. The second-order valence-corrected chi connectivity index (χ2v) is 6.27. The average Bonchev–Trinajstić information content (AvgIpc) is 2.19. The molecule has 0 saturated heterocycles. The fourth-order valence-electron chi connectivity index (χ4n) is 2.03. The van der Waals surface area contributed by atoms with Gasteiger partial charge in [0.25, 0.3) is 0 Å². The maximum atomic E-state index is 8.60. The Labute approximate surface area is 111 Å². The summed E-state index contributed by atoms with van der Waals surface area (Å²) in [5.74, 6) is 0. The van der Waals surface area contributed by atoms with Crippen LogP contribution >= 0.6 is 0 Å². The maximum absolute atomic E-state index is 8.60. The van der Waals surface area contributed by atoms with E-state index in [0.717, 1.165) is 0 Å². The molecule has 0 unspecified atom stereocenters. The summed E-state index contributed by atoms with van der Waals surface area (Å²) >= 11 is 0. The van der Waals surface area contributed by atoms with Gasteiger partial charge in [-0.1, -0.05) is 65.3 Å². The van der Waals surface area contributed by atoms with E-state index < -0.39 is 0 Å². The molecule has 0 aromatic carbocycles. The van der Waals surface area contributed by atoms with E-state index in [1.807, 2.05) is 18.2 Å². The van der Waals surface area contributed by atoms with Crippen LogP contribution in [-0.2, 0) is 0 Å². The largest absolute Gasteiger partial charge is 0.192 e. The Morgan fingerprint density at radius 2 is 1.17 bits per heavy atom. The van der Waals surface area contributed by atoms with Crippen LogP contribution in [0.5, 0.6) is 0 Å². The van der Waals surface area contributed by atoms with Crippen molar-refractivity contribution in [1.82, 2.24) is 0 Å². The van der Waals surface area contributed by atoms with Crippen LogP contribution in [0.2, 0.25) is 0 Å². The SMILES string of the molecule is CC(C)(C)C(=C/C=C/C=C(C#N)C#N)C(C)(C)C. The molecule has 0 rings (SSSR count). The quantitative estimate of drug-likeness (QED) is 0.527. The van der Waals surface area contributed by atoms with Crippen molar-refractivity contribution >= 4 is 0 Å². The highest BCUT2D eigenvalue weighted by molar-refractivity contribution is 5.38. The molecule has 0 fully saturated rings. The Balaban J connectivity index is 5.18. The van der Waals surface area contributed by atoms with Crippen LogP contribution in [0.3, 0.4) is 0 Å². The molecule has 2 heteroatoms. The Morgan fingerprint density at radius 3 is 1.50 bits per heavy atom. The number of allylic oxidation sites excluding steroid dienone is 6. The number of nitrogens with zero attached hydrogens (tertiary/aromatic N) is 2. The number of nitriles is 2. The minimum atomic E-state index is 0.0968. The Kier molecular flexibility index (Phi) is 5.60. The van der Waals surface area contributed by atoms with Gasteiger partial charge in [0.2, 0.25) is 0 Å². The molecular formula is C16H22N2. The van der Waals surface area contributed by atoms with E-state index in [1.165, 1.54) is 11.6 Å². The molecule has 0 heterocycles. The van der Waals surface area contributed by atoms with Crippen molar-refractivity contribution in [3.05, 3.63) is 35.5 Å². The molecule has 0 amide bonds. The van der Waals surface area contributed by atoms with Crippen LogP contribution in [0.4, 0.5) is 0 Å². The third-order valence-corrected chi connectivity index (χ3v) is 2.49. The molecule has 0 aliphatic heterocycles. The zero-order valence-electron chi connectivity index (χ0n) is 12.2. The first-order valence-corrected chi connectivity index (χ1v) is 6.02. The van der Waals surface area contributed by atoms with Crippen LogP contribution in [-0.4, -0.2) is 0 Å². The highest BCUT2D eigenvalue weighted by Gasteiger charge is 2.26. The van der Waals surface area contributed by atoms with Gasteiger partial charge in [-0.2, -0.15) is 10.5 Å². The van der Waals surface area contributed by atoms with Gasteiger partial charge in [-0.05, 0) is 16.9 Å². The van der Waals surface area contributed by atoms with Gasteiger partial charge in [0.1, 0.15) is 17.7 Å². The molecule has 0 spiro atoms. The summed E-state index contributed by atoms with van der Waals surface area (Å²) < 4.78 is 0. The summed E-state index contributed by atoms with van der Waals surface area (Å²) in [6.07, 6.45) is 7.22. The van der Waals surface area contributed by atoms with E-state index in [4.69, 9.17) is 10.5 Å².